The van der Waals surface area contributed by atoms with E-state index in [4.69, 9.17) is 4.74 Å². The number of ether oxygens (including phenoxy) is 1. The average molecular weight is 455 g/mol. The van der Waals surface area contributed by atoms with Crippen molar-refractivity contribution < 1.29 is 31.0 Å². The maximum Gasteiger partial charge on any atom is 0.229 e. The smallest absolute Gasteiger partial charge is 0.229 e. The summed E-state index contributed by atoms with van der Waals surface area (Å²) in [5, 5.41) is 0. The summed E-state index contributed by atoms with van der Waals surface area (Å²) in [6.45, 7) is 8.18. The van der Waals surface area contributed by atoms with E-state index in [1.807, 2.05) is 0 Å². The summed E-state index contributed by atoms with van der Waals surface area (Å²) in [5.74, 6) is 1.29. The van der Waals surface area contributed by atoms with Crippen molar-refractivity contribution >= 4 is 11.6 Å². The third-order valence-corrected chi connectivity index (χ3v) is 9.20. The van der Waals surface area contributed by atoms with Gasteiger partial charge in [0.25, 0.3) is 0 Å². The Hall–Kier alpha value is -1.43. The second kappa shape index (κ2) is 5.83. The molecular formula is C24H27BrN2O2. The highest BCUT2D eigenvalue weighted by Gasteiger charge is 2.75. The van der Waals surface area contributed by atoms with Crippen LogP contribution in [0.2, 0.25) is 0 Å². The van der Waals surface area contributed by atoms with Crippen LogP contribution in [-0.2, 0) is 14.9 Å². The van der Waals surface area contributed by atoms with Gasteiger partial charge in [-0.25, -0.2) is 0 Å². The SMILES string of the molecule is C=CC[N+]12CC[C@@]34c5ccccc5N5C(=O)CC6OCC=C(C1)[C@H](C[C@@H]32)[C@@H]6C54.[Br-]. The average Bonchev–Trinajstić information content (AvgIpc) is 3.13. The number of piperidine rings is 2. The summed E-state index contributed by atoms with van der Waals surface area (Å²) in [5.41, 5.74) is 4.33. The van der Waals surface area contributed by atoms with Gasteiger partial charge in [0.1, 0.15) is 12.6 Å². The maximum atomic E-state index is 13.4. The minimum Gasteiger partial charge on any atom is -1.00 e. The van der Waals surface area contributed by atoms with Crippen LogP contribution in [0.25, 0.3) is 0 Å². The lowest BCUT2D eigenvalue weighted by Crippen LogP contribution is -3.00. The number of anilines is 1. The first-order valence-corrected chi connectivity index (χ1v) is 10.9. The summed E-state index contributed by atoms with van der Waals surface area (Å²) in [4.78, 5) is 15.6. The monoisotopic (exact) mass is 454 g/mol. The number of fused-ring (bicyclic) bond motifs is 2. The molecule has 4 nitrogen and oxygen atoms in total. The predicted octanol–water partition coefficient (Wildman–Crippen LogP) is -0.203. The molecule has 7 rings (SSSR count). The Morgan fingerprint density at radius 1 is 1.34 bits per heavy atom. The van der Waals surface area contributed by atoms with E-state index in [0.717, 1.165) is 17.6 Å². The zero-order chi connectivity index (χ0) is 18.7. The number of hydrogen-bond donors (Lipinski definition) is 0. The van der Waals surface area contributed by atoms with Crippen molar-refractivity contribution in [1.82, 2.24) is 0 Å². The minimum atomic E-state index is 0. The van der Waals surface area contributed by atoms with Crippen LogP contribution in [0.4, 0.5) is 5.69 Å². The van der Waals surface area contributed by atoms with Gasteiger partial charge in [-0.05, 0) is 29.2 Å². The Kier molecular flexibility index (Phi) is 3.69. The van der Waals surface area contributed by atoms with E-state index in [0.29, 0.717) is 30.9 Å². The number of carbonyl (C=O) groups is 1. The molecule has 5 aliphatic heterocycles. The van der Waals surface area contributed by atoms with Gasteiger partial charge in [0.05, 0.1) is 43.7 Å². The van der Waals surface area contributed by atoms with Crippen molar-refractivity contribution in [2.75, 3.05) is 31.1 Å². The van der Waals surface area contributed by atoms with E-state index in [2.05, 4.69) is 47.9 Å². The molecule has 4 fully saturated rings. The van der Waals surface area contributed by atoms with Crippen molar-refractivity contribution in [2.24, 2.45) is 11.8 Å². The number of para-hydroxylation sites is 1. The molecule has 2 bridgehead atoms. The second-order valence-corrected chi connectivity index (χ2v) is 9.88. The summed E-state index contributed by atoms with van der Waals surface area (Å²) in [6, 6.07) is 9.66. The molecule has 0 radical (unpaired) electrons. The van der Waals surface area contributed by atoms with Crippen LogP contribution in [0, 0.1) is 11.8 Å². The predicted molar refractivity (Wildman–Crippen MR) is 107 cm³/mol. The van der Waals surface area contributed by atoms with E-state index in [1.54, 1.807) is 5.57 Å². The standard InChI is InChI=1S/C24H27N2O2.BrH/c1-2-9-26-10-8-24-17-5-3-4-6-18(17)25-21(27)13-19-22(23(24)25)16(12-20(24)26)15(14-26)7-11-28-19;/h2-7,16,19-20,22-23H,1,8-14H2;1H/q+1;/p-1/t16-,19?,20-,22-,23?,24+,26?;/m0./s1. The molecule has 1 saturated carbocycles. The zero-order valence-corrected chi connectivity index (χ0v) is 18.2. The molecule has 3 unspecified atom stereocenters. The summed E-state index contributed by atoms with van der Waals surface area (Å²) >= 11 is 0. The van der Waals surface area contributed by atoms with Gasteiger partial charge >= 0.3 is 0 Å². The van der Waals surface area contributed by atoms with Crippen molar-refractivity contribution in [1.29, 1.82) is 0 Å². The zero-order valence-electron chi connectivity index (χ0n) is 16.6. The number of carbonyl (C=O) groups excluding carboxylic acids is 1. The largest absolute Gasteiger partial charge is 1.00 e. The quantitative estimate of drug-likeness (QED) is 0.457. The lowest BCUT2D eigenvalue weighted by molar-refractivity contribution is -0.937. The van der Waals surface area contributed by atoms with E-state index in [-0.39, 0.29) is 40.4 Å². The Morgan fingerprint density at radius 2 is 2.21 bits per heavy atom. The van der Waals surface area contributed by atoms with Gasteiger partial charge in [0.15, 0.2) is 0 Å². The number of nitrogens with zero attached hydrogens (tertiary/aromatic N) is 2. The molecule has 1 amide bonds. The van der Waals surface area contributed by atoms with Crippen molar-refractivity contribution in [3.8, 4) is 0 Å². The van der Waals surface area contributed by atoms with E-state index in [9.17, 15) is 4.79 Å². The van der Waals surface area contributed by atoms with Crippen LogP contribution in [0.15, 0.2) is 48.6 Å². The van der Waals surface area contributed by atoms with Crippen LogP contribution < -0.4 is 21.9 Å². The molecule has 7 atom stereocenters. The highest BCUT2D eigenvalue weighted by atomic mass is 79.9. The lowest BCUT2D eigenvalue weighted by Gasteiger charge is -2.60. The molecule has 1 spiro atoms. The van der Waals surface area contributed by atoms with Crippen LogP contribution in [-0.4, -0.2) is 54.8 Å². The first-order chi connectivity index (χ1) is 13.7. The van der Waals surface area contributed by atoms with Crippen molar-refractivity contribution in [3.05, 3.63) is 54.1 Å². The molecule has 1 aromatic carbocycles. The van der Waals surface area contributed by atoms with Gasteiger partial charge < -0.3 is 31.1 Å². The van der Waals surface area contributed by atoms with E-state index in [1.165, 1.54) is 30.6 Å². The fraction of sp³-hybridized carbons (Fsp3) is 0.542. The Morgan fingerprint density at radius 3 is 3.07 bits per heavy atom. The number of quaternary nitrogens is 1. The Labute approximate surface area is 182 Å². The highest BCUT2D eigenvalue weighted by Crippen LogP contribution is 2.67. The molecule has 3 saturated heterocycles. The number of halogens is 1. The fourth-order valence-corrected chi connectivity index (χ4v) is 8.49. The lowest BCUT2D eigenvalue weighted by atomic mass is 9.53. The maximum absolute atomic E-state index is 13.4. The Bertz CT molecular complexity index is 960. The van der Waals surface area contributed by atoms with E-state index < -0.39 is 0 Å². The molecule has 6 aliphatic rings. The number of amides is 1. The van der Waals surface area contributed by atoms with Gasteiger partial charge in [0.2, 0.25) is 5.91 Å². The first-order valence-electron chi connectivity index (χ1n) is 10.9. The third kappa shape index (κ3) is 1.91. The summed E-state index contributed by atoms with van der Waals surface area (Å²) < 4.78 is 7.47. The van der Waals surface area contributed by atoms with Crippen LogP contribution in [0.5, 0.6) is 0 Å². The van der Waals surface area contributed by atoms with Gasteiger partial charge in [0, 0.05) is 24.4 Å². The highest BCUT2D eigenvalue weighted by molar-refractivity contribution is 5.99. The first kappa shape index (κ1) is 18.3. The molecule has 152 valence electrons. The number of rotatable bonds is 2. The number of benzene rings is 1. The van der Waals surface area contributed by atoms with Gasteiger partial charge in [-0.1, -0.05) is 30.9 Å². The molecule has 29 heavy (non-hydrogen) atoms. The molecule has 5 heterocycles. The topological polar surface area (TPSA) is 29.5 Å². The molecule has 1 aliphatic carbocycles. The molecule has 5 heteroatoms. The molecule has 0 aromatic heterocycles. The normalized spacial score (nSPS) is 45.1. The summed E-state index contributed by atoms with van der Waals surface area (Å²) in [6.07, 6.45) is 7.55. The molecule has 1 aromatic rings. The van der Waals surface area contributed by atoms with Crippen LogP contribution >= 0.6 is 0 Å². The van der Waals surface area contributed by atoms with Crippen LogP contribution in [0.3, 0.4) is 0 Å². The Balaban J connectivity index is 0.00000165. The van der Waals surface area contributed by atoms with Crippen molar-refractivity contribution in [2.45, 2.75) is 42.9 Å². The fourth-order valence-electron chi connectivity index (χ4n) is 8.49. The van der Waals surface area contributed by atoms with Gasteiger partial charge in [-0.3, -0.25) is 4.79 Å². The minimum absolute atomic E-state index is 0. The van der Waals surface area contributed by atoms with Crippen molar-refractivity contribution in [3.63, 3.8) is 0 Å². The van der Waals surface area contributed by atoms with Gasteiger partial charge in [-0.2, -0.15) is 0 Å². The van der Waals surface area contributed by atoms with Gasteiger partial charge in [-0.15, -0.1) is 0 Å². The second-order valence-electron chi connectivity index (χ2n) is 9.88. The van der Waals surface area contributed by atoms with Crippen LogP contribution in [0.1, 0.15) is 24.8 Å². The third-order valence-electron chi connectivity index (χ3n) is 9.20. The molecular weight excluding hydrogens is 428 g/mol. The van der Waals surface area contributed by atoms with E-state index >= 15 is 0 Å². The number of hydrogen-bond acceptors (Lipinski definition) is 2. The summed E-state index contributed by atoms with van der Waals surface area (Å²) in [7, 11) is 0. The molecule has 0 N–H and O–H groups in total.